The molecule has 2 aliphatic rings. The van der Waals surface area contributed by atoms with Crippen LogP contribution in [-0.2, 0) is 4.79 Å². The minimum Gasteiger partial charge on any atom is -0.368 e. The van der Waals surface area contributed by atoms with E-state index in [-0.39, 0.29) is 35.0 Å². The van der Waals surface area contributed by atoms with E-state index in [1.165, 1.54) is 23.9 Å². The summed E-state index contributed by atoms with van der Waals surface area (Å²) >= 11 is 7.57. The summed E-state index contributed by atoms with van der Waals surface area (Å²) in [6, 6.07) is 8.07. The van der Waals surface area contributed by atoms with Gasteiger partial charge in [0.2, 0.25) is 5.91 Å². The molecule has 0 aliphatic carbocycles. The van der Waals surface area contributed by atoms with E-state index in [1.54, 1.807) is 18.2 Å². The van der Waals surface area contributed by atoms with Crippen molar-refractivity contribution in [2.24, 2.45) is 0 Å². The molecule has 0 radical (unpaired) electrons. The first-order chi connectivity index (χ1) is 18.9. The van der Waals surface area contributed by atoms with Crippen LogP contribution in [0.4, 0.5) is 22.0 Å². The zero-order valence-corrected chi connectivity index (χ0v) is 24.7. The number of piperazine rings is 2. The Balaban J connectivity index is 1.29. The Labute approximate surface area is 243 Å². The minimum absolute atomic E-state index is 0.00873. The number of benzene rings is 1. The number of aromatic nitrogens is 2. The summed E-state index contributed by atoms with van der Waals surface area (Å²) in [5, 5.41) is 14.6. The van der Waals surface area contributed by atoms with Gasteiger partial charge in [-0.1, -0.05) is 23.4 Å². The zero-order chi connectivity index (χ0) is 29.0. The lowest BCUT2D eigenvalue weighted by Crippen LogP contribution is -2.59. The van der Waals surface area contributed by atoms with Crippen molar-refractivity contribution in [3.05, 3.63) is 45.6 Å². The van der Waals surface area contributed by atoms with Crippen LogP contribution < -0.4 is 15.1 Å². The van der Waals surface area contributed by atoms with Gasteiger partial charge in [0, 0.05) is 81.3 Å². The molecule has 1 N–H and O–H groups in total. The van der Waals surface area contributed by atoms with E-state index in [9.17, 15) is 19.7 Å². The summed E-state index contributed by atoms with van der Waals surface area (Å²) in [5.74, 6) is 0.856. The second-order valence-electron chi connectivity index (χ2n) is 10.9. The maximum atomic E-state index is 12.9. The summed E-state index contributed by atoms with van der Waals surface area (Å²) in [4.78, 5) is 52.9. The van der Waals surface area contributed by atoms with Crippen LogP contribution in [-0.4, -0.2) is 99.8 Å². The second-order valence-corrected chi connectivity index (χ2v) is 12.3. The fraction of sp³-hybridized carbons (Fsp3) is 0.538. The van der Waals surface area contributed by atoms with Crippen molar-refractivity contribution in [3.8, 4) is 0 Å². The third kappa shape index (κ3) is 7.66. The number of nitro groups is 1. The average molecular weight is 591 g/mol. The lowest BCUT2D eigenvalue weighted by molar-refractivity contribution is -0.384. The number of non-ortho nitro benzene ring substituents is 1. The summed E-state index contributed by atoms with van der Waals surface area (Å²) in [6.45, 7) is 12.1. The molecule has 0 bridgehead atoms. The predicted octanol–water partition coefficient (Wildman–Crippen LogP) is 3.50. The minimum atomic E-state index is -0.417. The molecule has 2 saturated heterocycles. The molecule has 2 aromatic rings. The number of halogens is 1. The van der Waals surface area contributed by atoms with Gasteiger partial charge in [0.05, 0.1) is 10.7 Å². The van der Waals surface area contributed by atoms with Crippen molar-refractivity contribution in [1.82, 2.24) is 25.1 Å². The Morgan fingerprint density at radius 2 is 1.73 bits per heavy atom. The van der Waals surface area contributed by atoms with Crippen molar-refractivity contribution in [2.45, 2.75) is 44.4 Å². The molecule has 4 rings (SSSR count). The smallest absolute Gasteiger partial charge is 0.318 e. The number of thioether (sulfide) groups is 1. The molecule has 2 fully saturated rings. The molecule has 0 saturated carbocycles. The number of hydrogen-bond donors (Lipinski definition) is 1. The van der Waals surface area contributed by atoms with Gasteiger partial charge >= 0.3 is 6.03 Å². The first kappa shape index (κ1) is 29.7. The van der Waals surface area contributed by atoms with Gasteiger partial charge in [0.15, 0.2) is 5.16 Å². The number of nitrogens with zero attached hydrogens (tertiary/aromatic N) is 7. The number of nitro benzene ring substituents is 1. The van der Waals surface area contributed by atoms with E-state index >= 15 is 0 Å². The second kappa shape index (κ2) is 12.5. The van der Waals surface area contributed by atoms with E-state index in [1.807, 2.05) is 37.5 Å². The largest absolute Gasteiger partial charge is 0.368 e. The predicted molar refractivity (Wildman–Crippen MR) is 156 cm³/mol. The third-order valence-corrected chi connectivity index (χ3v) is 7.76. The highest BCUT2D eigenvalue weighted by Gasteiger charge is 2.30. The van der Waals surface area contributed by atoms with Crippen molar-refractivity contribution >= 4 is 52.5 Å². The van der Waals surface area contributed by atoms with Crippen molar-refractivity contribution in [3.63, 3.8) is 0 Å². The molecule has 3 amide bonds. The molecule has 14 heteroatoms. The number of hydrogen-bond acceptors (Lipinski definition) is 9. The topological polar surface area (TPSA) is 128 Å². The van der Waals surface area contributed by atoms with Crippen LogP contribution in [0, 0.1) is 10.1 Å². The fourth-order valence-electron chi connectivity index (χ4n) is 4.69. The quantitative estimate of drug-likeness (QED) is 0.177. The van der Waals surface area contributed by atoms with E-state index in [0.717, 1.165) is 5.69 Å². The van der Waals surface area contributed by atoms with Gasteiger partial charge in [-0.2, -0.15) is 0 Å². The Hall–Kier alpha value is -3.32. The van der Waals surface area contributed by atoms with Gasteiger partial charge < -0.3 is 24.9 Å². The van der Waals surface area contributed by atoms with Crippen molar-refractivity contribution in [1.29, 1.82) is 0 Å². The number of amides is 3. The summed E-state index contributed by atoms with van der Waals surface area (Å²) < 4.78 is 0. The van der Waals surface area contributed by atoms with E-state index in [4.69, 9.17) is 11.6 Å². The lowest BCUT2D eigenvalue weighted by atomic mass is 10.1. The van der Waals surface area contributed by atoms with Crippen LogP contribution in [0.3, 0.4) is 0 Å². The molecule has 1 unspecified atom stereocenters. The summed E-state index contributed by atoms with van der Waals surface area (Å²) in [5.41, 5.74) is 0.650. The molecular weight excluding hydrogens is 556 g/mol. The van der Waals surface area contributed by atoms with E-state index < -0.39 is 4.92 Å². The zero-order valence-electron chi connectivity index (χ0n) is 23.2. The standard InChI is InChI=1S/C26H35ClN8O4S/c1-18-16-33(13-14-34(18)25(37)30-26(2,3)4)22-15-21(27)28-24(29-22)40-17-23(36)32-11-9-31(10-12-32)19-5-7-20(8-6-19)35(38)39/h5-8,15,18H,9-14,16-17H2,1-4H3,(H,30,37). The SMILES string of the molecule is CC1CN(c2cc(Cl)nc(SCC(=O)N3CCN(c4ccc([N+](=O)[O-])cc4)CC3)n2)CCN1C(=O)NC(C)(C)C. The summed E-state index contributed by atoms with van der Waals surface area (Å²) in [6.07, 6.45) is 0. The van der Waals surface area contributed by atoms with Crippen LogP contribution >= 0.6 is 23.4 Å². The lowest BCUT2D eigenvalue weighted by Gasteiger charge is -2.41. The number of anilines is 2. The number of nitrogens with one attached hydrogen (secondary N) is 1. The molecule has 0 spiro atoms. The number of urea groups is 1. The first-order valence-electron chi connectivity index (χ1n) is 13.2. The highest BCUT2D eigenvalue weighted by molar-refractivity contribution is 7.99. The van der Waals surface area contributed by atoms with E-state index in [0.29, 0.717) is 61.9 Å². The van der Waals surface area contributed by atoms with E-state index in [2.05, 4.69) is 25.1 Å². The van der Waals surface area contributed by atoms with Crippen molar-refractivity contribution in [2.75, 3.05) is 61.4 Å². The Kier molecular flexibility index (Phi) is 9.24. The van der Waals surface area contributed by atoms with Crippen LogP contribution in [0.2, 0.25) is 5.15 Å². The van der Waals surface area contributed by atoms with Gasteiger partial charge in [-0.15, -0.1) is 0 Å². The van der Waals surface area contributed by atoms with Crippen LogP contribution in [0.25, 0.3) is 0 Å². The maximum Gasteiger partial charge on any atom is 0.318 e. The van der Waals surface area contributed by atoms with Gasteiger partial charge in [-0.3, -0.25) is 14.9 Å². The van der Waals surface area contributed by atoms with Gasteiger partial charge in [-0.25, -0.2) is 14.8 Å². The Morgan fingerprint density at radius 1 is 1.07 bits per heavy atom. The Bertz CT molecular complexity index is 1230. The monoisotopic (exact) mass is 590 g/mol. The highest BCUT2D eigenvalue weighted by Crippen LogP contribution is 2.25. The maximum absolute atomic E-state index is 12.9. The normalized spacial score (nSPS) is 18.1. The molecular formula is C26H35ClN8O4S. The molecule has 216 valence electrons. The molecule has 1 aromatic carbocycles. The van der Waals surface area contributed by atoms with Gasteiger partial charge in [-0.05, 0) is 39.8 Å². The molecule has 2 aliphatic heterocycles. The number of carbonyl (C=O) groups is 2. The first-order valence-corrected chi connectivity index (χ1v) is 14.5. The third-order valence-electron chi connectivity index (χ3n) is 6.74. The molecule has 40 heavy (non-hydrogen) atoms. The van der Waals surface area contributed by atoms with Crippen LogP contribution in [0.15, 0.2) is 35.5 Å². The molecule has 1 atom stereocenters. The number of carbonyl (C=O) groups excluding carboxylic acids is 2. The van der Waals surface area contributed by atoms with Crippen LogP contribution in [0.1, 0.15) is 27.7 Å². The number of rotatable bonds is 6. The summed E-state index contributed by atoms with van der Waals surface area (Å²) in [7, 11) is 0. The Morgan fingerprint density at radius 3 is 2.33 bits per heavy atom. The fourth-order valence-corrected chi connectivity index (χ4v) is 5.67. The van der Waals surface area contributed by atoms with Gasteiger partial charge in [0.25, 0.3) is 5.69 Å². The van der Waals surface area contributed by atoms with Crippen molar-refractivity contribution < 1.29 is 14.5 Å². The van der Waals surface area contributed by atoms with Gasteiger partial charge in [0.1, 0.15) is 11.0 Å². The van der Waals surface area contributed by atoms with Crippen LogP contribution in [0.5, 0.6) is 0 Å². The highest BCUT2D eigenvalue weighted by atomic mass is 35.5. The molecule has 12 nitrogen and oxygen atoms in total. The average Bonchev–Trinajstić information content (AvgIpc) is 2.90. The molecule has 1 aromatic heterocycles. The molecule has 3 heterocycles.